The van der Waals surface area contributed by atoms with Crippen LogP contribution in [0.3, 0.4) is 0 Å². The van der Waals surface area contributed by atoms with Crippen LogP contribution in [0.25, 0.3) is 22.5 Å². The van der Waals surface area contributed by atoms with E-state index in [1.165, 1.54) is 60.3 Å². The van der Waals surface area contributed by atoms with Gasteiger partial charge in [0, 0.05) is 36.4 Å². The Bertz CT molecular complexity index is 2230. The molecule has 0 fully saturated rings. The highest BCUT2D eigenvalue weighted by molar-refractivity contribution is 5.85. The molecule has 288 valence electrons. The Hall–Kier alpha value is -6.00. The predicted molar refractivity (Wildman–Crippen MR) is 180 cm³/mol. The van der Waals surface area contributed by atoms with Crippen LogP contribution in [0, 0.1) is 0 Å². The van der Waals surface area contributed by atoms with Crippen molar-refractivity contribution in [3.05, 3.63) is 101 Å². The highest BCUT2D eigenvalue weighted by Gasteiger charge is 2.37. The maximum atomic E-state index is 14.1. The number of halogens is 6. The zero-order chi connectivity index (χ0) is 39.5. The van der Waals surface area contributed by atoms with E-state index >= 15 is 0 Å². The molecule has 0 aliphatic carbocycles. The highest BCUT2D eigenvalue weighted by atomic mass is 19.4. The van der Waals surface area contributed by atoms with Crippen LogP contribution in [0.2, 0.25) is 0 Å². The van der Waals surface area contributed by atoms with Crippen molar-refractivity contribution in [3.63, 3.8) is 0 Å². The lowest BCUT2D eigenvalue weighted by Crippen LogP contribution is -2.49. The Labute approximate surface area is 311 Å². The number of cyclic esters (lactones) is 1. The number of hydrogen-bond acceptors (Lipinski definition) is 8. The zero-order valence-corrected chi connectivity index (χ0v) is 30.1. The van der Waals surface area contributed by atoms with Crippen molar-refractivity contribution in [2.24, 2.45) is 0 Å². The van der Waals surface area contributed by atoms with Gasteiger partial charge in [0.25, 0.3) is 5.69 Å². The van der Waals surface area contributed by atoms with Gasteiger partial charge in [-0.3, -0.25) is 0 Å². The van der Waals surface area contributed by atoms with Crippen LogP contribution in [0.15, 0.2) is 73.2 Å². The molecule has 6 heterocycles. The van der Waals surface area contributed by atoms with Gasteiger partial charge in [-0.25, -0.2) is 4.79 Å². The predicted octanol–water partition coefficient (Wildman–Crippen LogP) is 5.40. The van der Waals surface area contributed by atoms with E-state index in [2.05, 4.69) is 9.97 Å². The van der Waals surface area contributed by atoms with Crippen LogP contribution in [0.5, 0.6) is 23.5 Å². The summed E-state index contributed by atoms with van der Waals surface area (Å²) in [5.41, 5.74) is 0.647. The molecule has 0 unspecified atom stereocenters. The van der Waals surface area contributed by atoms with E-state index in [4.69, 9.17) is 23.7 Å². The van der Waals surface area contributed by atoms with Gasteiger partial charge in [0.2, 0.25) is 48.0 Å². The second-order valence-electron chi connectivity index (χ2n) is 12.3. The number of aromatic nitrogens is 5. The van der Waals surface area contributed by atoms with Gasteiger partial charge < -0.3 is 23.7 Å². The SMILES string of the molecule is COc1cc2c(c(OC)n1)-c1ccc(C(F)(F)F)c[n+]1CCOC(=O)c1cccc[n+]1CC[n+]1cc(C(F)(F)F)ccc1-c1c(cc(OC)nc1OC)CC2. The molecule has 0 aromatic carbocycles. The summed E-state index contributed by atoms with van der Waals surface area (Å²) >= 11 is 0. The Morgan fingerprint density at radius 3 is 1.58 bits per heavy atom. The monoisotopic (exact) mass is 772 g/mol. The van der Waals surface area contributed by atoms with Gasteiger partial charge in [-0.15, -0.1) is 0 Å². The first-order valence-electron chi connectivity index (χ1n) is 16.9. The molecular formula is C38H36F6N5O6+3. The fourth-order valence-electron chi connectivity index (χ4n) is 6.44. The Balaban J connectivity index is 1.63. The quantitative estimate of drug-likeness (QED) is 0.136. The van der Waals surface area contributed by atoms with Crippen molar-refractivity contribution in [1.82, 2.24) is 9.97 Å². The van der Waals surface area contributed by atoms with Gasteiger partial charge in [0.05, 0.1) is 28.4 Å². The van der Waals surface area contributed by atoms with Crippen LogP contribution in [0.1, 0.15) is 32.7 Å². The lowest BCUT2D eigenvalue weighted by atomic mass is 9.95. The van der Waals surface area contributed by atoms with Crippen molar-refractivity contribution < 1.29 is 68.5 Å². The normalized spacial score (nSPS) is 13.7. The molecule has 0 bridgehead atoms. The summed E-state index contributed by atoms with van der Waals surface area (Å²) in [6, 6.07) is 12.5. The minimum absolute atomic E-state index is 0.0258. The molecular weight excluding hydrogens is 736 g/mol. The van der Waals surface area contributed by atoms with E-state index in [0.29, 0.717) is 27.9 Å². The third-order valence-corrected chi connectivity index (χ3v) is 9.07. The summed E-state index contributed by atoms with van der Waals surface area (Å²) in [5.74, 6) is -0.348. The van der Waals surface area contributed by atoms with Crippen molar-refractivity contribution >= 4 is 5.97 Å². The van der Waals surface area contributed by atoms with Gasteiger partial charge in [-0.2, -0.15) is 50.0 Å². The molecule has 0 saturated heterocycles. The molecule has 6 rings (SSSR count). The van der Waals surface area contributed by atoms with Gasteiger partial charge in [-0.05, 0) is 42.2 Å². The summed E-state index contributed by atoms with van der Waals surface area (Å²) < 4.78 is 117. The van der Waals surface area contributed by atoms with Crippen LogP contribution in [0.4, 0.5) is 26.3 Å². The van der Waals surface area contributed by atoms with Crippen LogP contribution in [-0.4, -0.2) is 51.0 Å². The smallest absolute Gasteiger partial charge is 0.422 e. The minimum Gasteiger partial charge on any atom is -0.481 e. The second kappa shape index (κ2) is 15.8. The average Bonchev–Trinajstić information content (AvgIpc) is 3.17. The number of nitrogens with zero attached hydrogens (tertiary/aromatic N) is 5. The number of fused-ring (bicyclic) bond motifs is 7. The molecule has 5 aromatic heterocycles. The first-order valence-corrected chi connectivity index (χ1v) is 16.9. The zero-order valence-electron chi connectivity index (χ0n) is 30.1. The third kappa shape index (κ3) is 8.24. The maximum absolute atomic E-state index is 14.1. The summed E-state index contributed by atoms with van der Waals surface area (Å²) in [5, 5.41) is 0. The number of rotatable bonds is 4. The Morgan fingerprint density at radius 2 is 1.11 bits per heavy atom. The molecule has 0 saturated carbocycles. The lowest BCUT2D eigenvalue weighted by molar-refractivity contribution is -0.775. The van der Waals surface area contributed by atoms with E-state index in [0.717, 1.165) is 24.5 Å². The summed E-state index contributed by atoms with van der Waals surface area (Å²) in [4.78, 5) is 22.4. The number of ether oxygens (including phenoxy) is 5. The number of hydrogen-bond donors (Lipinski definition) is 0. The van der Waals surface area contributed by atoms with Gasteiger partial charge in [-0.1, -0.05) is 0 Å². The van der Waals surface area contributed by atoms with Crippen molar-refractivity contribution in [3.8, 4) is 46.0 Å². The number of pyridine rings is 5. The number of esters is 1. The van der Waals surface area contributed by atoms with Crippen molar-refractivity contribution in [1.29, 1.82) is 0 Å². The Morgan fingerprint density at radius 1 is 0.618 bits per heavy atom. The number of carbonyl (C=O) groups is 1. The van der Waals surface area contributed by atoms with Gasteiger partial charge in [0.1, 0.15) is 22.3 Å². The van der Waals surface area contributed by atoms with E-state index in [9.17, 15) is 31.1 Å². The molecule has 0 radical (unpaired) electrons. The molecule has 0 amide bonds. The molecule has 11 nitrogen and oxygen atoms in total. The molecule has 0 N–H and O–H groups in total. The number of carbonyl (C=O) groups excluding carboxylic acids is 1. The summed E-state index contributed by atoms with van der Waals surface area (Å²) in [6.45, 7) is -0.549. The van der Waals surface area contributed by atoms with Crippen LogP contribution < -0.4 is 32.6 Å². The first-order chi connectivity index (χ1) is 26.2. The van der Waals surface area contributed by atoms with Crippen molar-refractivity contribution in [2.75, 3.05) is 35.0 Å². The van der Waals surface area contributed by atoms with Crippen LogP contribution in [-0.2, 0) is 49.6 Å². The third-order valence-electron chi connectivity index (χ3n) is 9.07. The molecule has 17 heteroatoms. The highest BCUT2D eigenvalue weighted by Crippen LogP contribution is 2.39. The molecule has 0 spiro atoms. The fourth-order valence-corrected chi connectivity index (χ4v) is 6.44. The number of alkyl halides is 6. The number of methoxy groups -OCH3 is 4. The maximum Gasteiger partial charge on any atom is 0.422 e. The topological polar surface area (TPSA) is 101 Å². The standard InChI is InChI=1S/C38H36F6N5O6/c1-51-30-19-23-8-9-24-20-31(52-2)46-35(54-4)33(24)28-13-11-26(38(42,43)44)22-49(28)17-18-55-36(50)29-7-5-6-14-47(29)15-16-48-21-25(37(39,40)41)10-12-27(48)32(23)34(45-30)53-3/h5-7,10-14,19-22H,8-9,15-18H2,1-4H3/q+3. The van der Waals surface area contributed by atoms with Crippen LogP contribution >= 0.6 is 0 Å². The van der Waals surface area contributed by atoms with E-state index in [1.807, 2.05) is 0 Å². The molecule has 5 aromatic rings. The molecule has 55 heavy (non-hydrogen) atoms. The molecule has 1 aliphatic rings. The fraction of sp³-hybridized carbons (Fsp3) is 0.316. The average molecular weight is 773 g/mol. The molecule has 0 atom stereocenters. The van der Waals surface area contributed by atoms with Gasteiger partial charge in [0.15, 0.2) is 31.7 Å². The van der Waals surface area contributed by atoms with Gasteiger partial charge >= 0.3 is 18.3 Å². The van der Waals surface area contributed by atoms with Crippen molar-refractivity contribution in [2.45, 2.75) is 44.8 Å². The second-order valence-corrected chi connectivity index (χ2v) is 12.3. The minimum atomic E-state index is -4.68. The largest absolute Gasteiger partial charge is 0.481 e. The number of aryl methyl sites for hydroxylation is 4. The van der Waals surface area contributed by atoms with E-state index in [1.54, 1.807) is 30.5 Å². The first kappa shape index (κ1) is 38.7. The summed E-state index contributed by atoms with van der Waals surface area (Å²) in [7, 11) is 5.55. The van der Waals surface area contributed by atoms with E-state index < -0.39 is 29.4 Å². The summed E-state index contributed by atoms with van der Waals surface area (Å²) in [6.07, 6.45) is -5.47. The molecule has 1 aliphatic heterocycles. The Kier molecular flexibility index (Phi) is 11.1. The lowest BCUT2D eigenvalue weighted by Gasteiger charge is -2.18. The van der Waals surface area contributed by atoms with E-state index in [-0.39, 0.29) is 74.0 Å².